The van der Waals surface area contributed by atoms with Gasteiger partial charge in [0.1, 0.15) is 5.75 Å². The van der Waals surface area contributed by atoms with Crippen LogP contribution < -0.4 is 4.74 Å². The molecule has 0 aliphatic heterocycles. The summed E-state index contributed by atoms with van der Waals surface area (Å²) in [5.74, 6) is 0.862. The smallest absolute Gasteiger partial charge is 0.196 e. The Morgan fingerprint density at radius 2 is 1.62 bits per heavy atom. The zero-order chi connectivity index (χ0) is 12.2. The van der Waals surface area contributed by atoms with Gasteiger partial charge < -0.3 is 9.16 Å². The van der Waals surface area contributed by atoms with E-state index in [0.717, 1.165) is 5.75 Å². The van der Waals surface area contributed by atoms with E-state index < -0.39 is 8.32 Å². The van der Waals surface area contributed by atoms with Gasteiger partial charge in [-0.05, 0) is 30.3 Å². The van der Waals surface area contributed by atoms with Crippen molar-refractivity contribution in [2.45, 2.75) is 38.9 Å². The van der Waals surface area contributed by atoms with Crippen molar-refractivity contribution in [3.05, 3.63) is 30.3 Å². The minimum atomic E-state index is -1.68. The first-order chi connectivity index (χ1) is 7.33. The third kappa shape index (κ3) is 3.65. The average molecular weight is 238 g/mol. The lowest BCUT2D eigenvalue weighted by atomic mass is 10.2. The van der Waals surface area contributed by atoms with E-state index in [0.29, 0.717) is 6.79 Å². The van der Waals surface area contributed by atoms with Gasteiger partial charge in [0.15, 0.2) is 15.1 Å². The quantitative estimate of drug-likeness (QED) is 0.582. The van der Waals surface area contributed by atoms with Gasteiger partial charge in [0.2, 0.25) is 0 Å². The second kappa shape index (κ2) is 5.02. The molecule has 0 radical (unpaired) electrons. The van der Waals surface area contributed by atoms with Gasteiger partial charge in [-0.25, -0.2) is 0 Å². The summed E-state index contributed by atoms with van der Waals surface area (Å²) in [6.07, 6.45) is 0. The number of ether oxygens (including phenoxy) is 1. The third-order valence-corrected chi connectivity index (χ3v) is 7.65. The van der Waals surface area contributed by atoms with Gasteiger partial charge in [-0.2, -0.15) is 0 Å². The summed E-state index contributed by atoms with van der Waals surface area (Å²) in [4.78, 5) is 0. The van der Waals surface area contributed by atoms with Gasteiger partial charge in [-0.3, -0.25) is 0 Å². The van der Waals surface area contributed by atoms with Gasteiger partial charge in [-0.1, -0.05) is 39.0 Å². The molecule has 0 aliphatic carbocycles. The maximum absolute atomic E-state index is 5.91. The Hall–Kier alpha value is -0.803. The maximum atomic E-state index is 5.91. The fourth-order valence-corrected chi connectivity index (χ4v) is 1.76. The fourth-order valence-electron chi connectivity index (χ4n) is 0.978. The Morgan fingerprint density at radius 3 is 2.12 bits per heavy atom. The van der Waals surface area contributed by atoms with Crippen LogP contribution in [0.1, 0.15) is 20.8 Å². The van der Waals surface area contributed by atoms with Crippen molar-refractivity contribution in [3.63, 3.8) is 0 Å². The summed E-state index contributed by atoms with van der Waals surface area (Å²) in [7, 11) is -1.68. The van der Waals surface area contributed by atoms with Crippen molar-refractivity contribution in [3.8, 4) is 5.75 Å². The molecule has 0 unspecified atom stereocenters. The van der Waals surface area contributed by atoms with Crippen LogP contribution in [-0.4, -0.2) is 15.1 Å². The molecule has 0 aliphatic rings. The van der Waals surface area contributed by atoms with Crippen molar-refractivity contribution in [1.82, 2.24) is 0 Å². The molecule has 0 bridgehead atoms. The van der Waals surface area contributed by atoms with E-state index in [9.17, 15) is 0 Å². The van der Waals surface area contributed by atoms with E-state index in [1.165, 1.54) is 0 Å². The molecule has 0 fully saturated rings. The lowest BCUT2D eigenvalue weighted by Gasteiger charge is -2.35. The predicted octanol–water partition coefficient (Wildman–Crippen LogP) is 4.04. The number of benzene rings is 1. The number of rotatable bonds is 4. The maximum Gasteiger partial charge on any atom is 0.196 e. The van der Waals surface area contributed by atoms with Crippen LogP contribution in [0.15, 0.2) is 30.3 Å². The van der Waals surface area contributed by atoms with Crippen molar-refractivity contribution >= 4 is 8.32 Å². The van der Waals surface area contributed by atoms with Gasteiger partial charge in [-0.15, -0.1) is 0 Å². The van der Waals surface area contributed by atoms with Crippen molar-refractivity contribution in [2.75, 3.05) is 6.79 Å². The zero-order valence-electron chi connectivity index (χ0n) is 10.9. The minimum Gasteiger partial charge on any atom is -0.469 e. The van der Waals surface area contributed by atoms with Crippen molar-refractivity contribution in [1.29, 1.82) is 0 Å². The second-order valence-electron chi connectivity index (χ2n) is 5.48. The molecular weight excluding hydrogens is 216 g/mol. The van der Waals surface area contributed by atoms with Gasteiger partial charge >= 0.3 is 0 Å². The first kappa shape index (κ1) is 13.3. The SMILES string of the molecule is CC(C)(C)[Si](C)(C)OCOc1ccccc1. The lowest BCUT2D eigenvalue weighted by Crippen LogP contribution is -2.41. The summed E-state index contributed by atoms with van der Waals surface area (Å²) >= 11 is 0. The minimum absolute atomic E-state index is 0.229. The van der Waals surface area contributed by atoms with E-state index in [2.05, 4.69) is 33.9 Å². The molecule has 0 atom stereocenters. The van der Waals surface area contributed by atoms with Crippen LogP contribution in [0.3, 0.4) is 0 Å². The highest BCUT2D eigenvalue weighted by Crippen LogP contribution is 2.36. The molecule has 1 aromatic rings. The van der Waals surface area contributed by atoms with E-state index in [4.69, 9.17) is 9.16 Å². The van der Waals surface area contributed by atoms with Crippen LogP contribution in [0.4, 0.5) is 0 Å². The highest BCUT2D eigenvalue weighted by atomic mass is 28.4. The molecule has 16 heavy (non-hydrogen) atoms. The Morgan fingerprint density at radius 1 is 1.06 bits per heavy atom. The number of para-hydroxylation sites is 1. The van der Waals surface area contributed by atoms with Crippen molar-refractivity contribution < 1.29 is 9.16 Å². The van der Waals surface area contributed by atoms with Crippen LogP contribution >= 0.6 is 0 Å². The predicted molar refractivity (Wildman–Crippen MR) is 70.2 cm³/mol. The zero-order valence-corrected chi connectivity index (χ0v) is 11.9. The molecule has 0 saturated carbocycles. The first-order valence-electron chi connectivity index (χ1n) is 5.65. The summed E-state index contributed by atoms with van der Waals surface area (Å²) in [5.41, 5.74) is 0. The van der Waals surface area contributed by atoms with E-state index in [-0.39, 0.29) is 5.04 Å². The Labute approximate surface area is 99.7 Å². The molecule has 3 heteroatoms. The van der Waals surface area contributed by atoms with E-state index >= 15 is 0 Å². The number of hydrogen-bond acceptors (Lipinski definition) is 2. The van der Waals surface area contributed by atoms with Crippen LogP contribution in [-0.2, 0) is 4.43 Å². The summed E-state index contributed by atoms with van der Waals surface area (Å²) in [6.45, 7) is 11.5. The molecule has 2 nitrogen and oxygen atoms in total. The topological polar surface area (TPSA) is 18.5 Å². The standard InChI is InChI=1S/C13H22O2Si/c1-13(2,3)16(4,5)15-11-14-12-9-7-6-8-10-12/h6-10H,11H2,1-5H3. The Bertz CT molecular complexity index is 314. The molecule has 90 valence electrons. The van der Waals surface area contributed by atoms with Crippen LogP contribution in [0.5, 0.6) is 5.75 Å². The summed E-state index contributed by atoms with van der Waals surface area (Å²) < 4.78 is 11.5. The second-order valence-corrected chi connectivity index (χ2v) is 10.3. The number of hydrogen-bond donors (Lipinski definition) is 0. The molecule has 0 heterocycles. The highest BCUT2D eigenvalue weighted by molar-refractivity contribution is 6.74. The van der Waals surface area contributed by atoms with Gasteiger partial charge in [0.05, 0.1) is 0 Å². The molecule has 1 rings (SSSR count). The largest absolute Gasteiger partial charge is 0.469 e. The third-order valence-electron chi connectivity index (χ3n) is 3.19. The molecule has 0 N–H and O–H groups in total. The van der Waals surface area contributed by atoms with Crippen LogP contribution in [0.25, 0.3) is 0 Å². The molecular formula is C13H22O2Si. The van der Waals surface area contributed by atoms with Crippen molar-refractivity contribution in [2.24, 2.45) is 0 Å². The fraction of sp³-hybridized carbons (Fsp3) is 0.538. The summed E-state index contributed by atoms with van der Waals surface area (Å²) in [6, 6.07) is 9.77. The highest BCUT2D eigenvalue weighted by Gasteiger charge is 2.37. The van der Waals surface area contributed by atoms with Gasteiger partial charge in [0.25, 0.3) is 0 Å². The van der Waals surface area contributed by atoms with Gasteiger partial charge in [0, 0.05) is 0 Å². The average Bonchev–Trinajstić information content (AvgIpc) is 2.17. The monoisotopic (exact) mass is 238 g/mol. The Kier molecular flexibility index (Phi) is 4.16. The van der Waals surface area contributed by atoms with E-state index in [1.807, 2.05) is 30.3 Å². The first-order valence-corrected chi connectivity index (χ1v) is 8.55. The van der Waals surface area contributed by atoms with E-state index in [1.54, 1.807) is 0 Å². The molecule has 0 aromatic heterocycles. The van der Waals surface area contributed by atoms with Crippen LogP contribution in [0.2, 0.25) is 18.1 Å². The molecule has 0 amide bonds. The molecule has 0 spiro atoms. The Balaban J connectivity index is 2.42. The normalized spacial score (nSPS) is 12.6. The molecule has 0 saturated heterocycles. The summed E-state index contributed by atoms with van der Waals surface area (Å²) in [5, 5.41) is 0.229. The van der Waals surface area contributed by atoms with Crippen LogP contribution in [0, 0.1) is 0 Å². The molecule has 1 aromatic carbocycles. The lowest BCUT2D eigenvalue weighted by molar-refractivity contribution is 0.106.